The van der Waals surface area contributed by atoms with Crippen molar-refractivity contribution in [3.63, 3.8) is 0 Å². The molecule has 0 aromatic rings. The lowest BCUT2D eigenvalue weighted by molar-refractivity contribution is -0.125. The number of hydrogen-bond donors (Lipinski definition) is 2. The number of amides is 1. The van der Waals surface area contributed by atoms with Crippen molar-refractivity contribution < 1.29 is 4.79 Å². The quantitative estimate of drug-likeness (QED) is 0.709. The molecule has 0 aliphatic carbocycles. The van der Waals surface area contributed by atoms with Gasteiger partial charge in [-0.25, -0.2) is 0 Å². The van der Waals surface area contributed by atoms with E-state index in [1.165, 1.54) is 0 Å². The minimum Gasteiger partial charge on any atom is -0.350 e. The van der Waals surface area contributed by atoms with Gasteiger partial charge in [0.1, 0.15) is 0 Å². The van der Waals surface area contributed by atoms with Gasteiger partial charge in [-0.2, -0.15) is 0 Å². The predicted octanol–water partition coefficient (Wildman–Crippen LogP) is 1.66. The molecule has 0 unspecified atom stereocenters. The van der Waals surface area contributed by atoms with Crippen molar-refractivity contribution in [2.45, 2.75) is 59.0 Å². The van der Waals surface area contributed by atoms with Crippen molar-refractivity contribution in [3.05, 3.63) is 0 Å². The Morgan fingerprint density at radius 1 is 1.43 bits per heavy atom. The fourth-order valence-corrected chi connectivity index (χ4v) is 1.02. The van der Waals surface area contributed by atoms with E-state index in [2.05, 4.69) is 12.2 Å². The maximum atomic E-state index is 11.7. The lowest BCUT2D eigenvalue weighted by Gasteiger charge is -2.28. The molecule has 0 saturated heterocycles. The largest absolute Gasteiger partial charge is 0.350 e. The molecular weight excluding hydrogens is 176 g/mol. The number of hydrogen-bond acceptors (Lipinski definition) is 2. The second kappa shape index (κ2) is 5.35. The van der Waals surface area contributed by atoms with Crippen LogP contribution in [0.3, 0.4) is 0 Å². The van der Waals surface area contributed by atoms with E-state index >= 15 is 0 Å². The molecule has 0 aliphatic rings. The summed E-state index contributed by atoms with van der Waals surface area (Å²) < 4.78 is 0. The van der Waals surface area contributed by atoms with Crippen LogP contribution in [0.2, 0.25) is 0 Å². The highest BCUT2D eigenvalue weighted by atomic mass is 16.2. The van der Waals surface area contributed by atoms with E-state index in [4.69, 9.17) is 5.73 Å². The first kappa shape index (κ1) is 13.4. The molecule has 0 radical (unpaired) electrons. The maximum absolute atomic E-state index is 11.7. The highest BCUT2D eigenvalue weighted by Gasteiger charge is 2.24. The first-order valence-corrected chi connectivity index (χ1v) is 5.41. The number of nitrogens with two attached hydrogens (primary N) is 1. The van der Waals surface area contributed by atoms with E-state index in [0.29, 0.717) is 0 Å². The molecule has 0 saturated carbocycles. The summed E-state index contributed by atoms with van der Waals surface area (Å²) >= 11 is 0. The molecule has 3 heteroatoms. The molecule has 1 amide bonds. The summed E-state index contributed by atoms with van der Waals surface area (Å²) in [5, 5.41) is 2.96. The Bertz CT molecular complexity index is 190. The predicted molar refractivity (Wildman–Crippen MR) is 59.9 cm³/mol. The molecule has 0 aromatic carbocycles. The lowest BCUT2D eigenvalue weighted by atomic mass is 9.96. The zero-order valence-electron chi connectivity index (χ0n) is 10.1. The van der Waals surface area contributed by atoms with E-state index in [9.17, 15) is 4.79 Å². The number of rotatable bonds is 5. The van der Waals surface area contributed by atoms with Crippen LogP contribution in [0.5, 0.6) is 0 Å². The normalized spacial score (nSPS) is 16.1. The maximum Gasteiger partial charge on any atom is 0.237 e. The molecular formula is C11H24N2O. The zero-order chi connectivity index (χ0) is 11.4. The monoisotopic (exact) mass is 200 g/mol. The summed E-state index contributed by atoms with van der Waals surface area (Å²) in [7, 11) is 0. The zero-order valence-corrected chi connectivity index (χ0v) is 10.1. The summed E-state index contributed by atoms with van der Waals surface area (Å²) in [5.41, 5.74) is 5.67. The highest BCUT2D eigenvalue weighted by molar-refractivity contribution is 5.82. The Morgan fingerprint density at radius 2 is 1.93 bits per heavy atom. The Morgan fingerprint density at radius 3 is 2.29 bits per heavy atom. The van der Waals surface area contributed by atoms with E-state index in [-0.39, 0.29) is 23.4 Å². The third-order valence-electron chi connectivity index (χ3n) is 2.91. The highest BCUT2D eigenvalue weighted by Crippen LogP contribution is 2.10. The van der Waals surface area contributed by atoms with Crippen molar-refractivity contribution in [3.8, 4) is 0 Å². The lowest BCUT2D eigenvalue weighted by Crippen LogP contribution is -2.52. The SMILES string of the molecule is CC[C@H](C)[C@H](N)C(=O)NC(C)(C)CC. The van der Waals surface area contributed by atoms with Gasteiger partial charge in [-0.05, 0) is 26.2 Å². The van der Waals surface area contributed by atoms with Crippen LogP contribution >= 0.6 is 0 Å². The van der Waals surface area contributed by atoms with Gasteiger partial charge in [0, 0.05) is 5.54 Å². The van der Waals surface area contributed by atoms with Gasteiger partial charge in [0.25, 0.3) is 0 Å². The third-order valence-corrected chi connectivity index (χ3v) is 2.91. The summed E-state index contributed by atoms with van der Waals surface area (Å²) in [4.78, 5) is 11.7. The summed E-state index contributed by atoms with van der Waals surface area (Å²) in [6, 6.07) is -0.383. The van der Waals surface area contributed by atoms with Gasteiger partial charge >= 0.3 is 0 Å². The van der Waals surface area contributed by atoms with E-state index in [0.717, 1.165) is 12.8 Å². The summed E-state index contributed by atoms with van der Waals surface area (Å²) in [5.74, 6) is 0.203. The minimum absolute atomic E-state index is 0.0359. The minimum atomic E-state index is -0.383. The first-order chi connectivity index (χ1) is 6.34. The fraction of sp³-hybridized carbons (Fsp3) is 0.909. The van der Waals surface area contributed by atoms with E-state index < -0.39 is 0 Å². The molecule has 84 valence electrons. The molecule has 0 spiro atoms. The van der Waals surface area contributed by atoms with Crippen LogP contribution in [0.15, 0.2) is 0 Å². The Hall–Kier alpha value is -0.570. The van der Waals surface area contributed by atoms with Gasteiger partial charge in [0.05, 0.1) is 6.04 Å². The Labute approximate surface area is 87.4 Å². The molecule has 0 bridgehead atoms. The van der Waals surface area contributed by atoms with Crippen LogP contribution in [-0.2, 0) is 4.79 Å². The van der Waals surface area contributed by atoms with Gasteiger partial charge in [0.15, 0.2) is 0 Å². The first-order valence-electron chi connectivity index (χ1n) is 5.41. The van der Waals surface area contributed by atoms with Crippen molar-refractivity contribution in [2.24, 2.45) is 11.7 Å². The van der Waals surface area contributed by atoms with Gasteiger partial charge in [-0.1, -0.05) is 27.2 Å². The number of carbonyl (C=O) groups excluding carboxylic acids is 1. The number of carbonyl (C=O) groups is 1. The van der Waals surface area contributed by atoms with Gasteiger partial charge < -0.3 is 11.1 Å². The van der Waals surface area contributed by atoms with Crippen LogP contribution < -0.4 is 11.1 Å². The average Bonchev–Trinajstić information content (AvgIpc) is 2.14. The standard InChI is InChI=1S/C11H24N2O/c1-6-8(3)9(12)10(14)13-11(4,5)7-2/h8-9H,6-7,12H2,1-5H3,(H,13,14)/t8-,9-/m0/s1. The van der Waals surface area contributed by atoms with Crippen LogP contribution in [0.4, 0.5) is 0 Å². The smallest absolute Gasteiger partial charge is 0.237 e. The van der Waals surface area contributed by atoms with Gasteiger partial charge in [-0.3, -0.25) is 4.79 Å². The van der Waals surface area contributed by atoms with Crippen LogP contribution in [0.25, 0.3) is 0 Å². The molecule has 3 N–H and O–H groups in total. The molecule has 14 heavy (non-hydrogen) atoms. The molecule has 3 nitrogen and oxygen atoms in total. The van der Waals surface area contributed by atoms with Gasteiger partial charge in [0.2, 0.25) is 5.91 Å². The van der Waals surface area contributed by atoms with Crippen molar-refractivity contribution in [1.82, 2.24) is 5.32 Å². The summed E-state index contributed by atoms with van der Waals surface area (Å²) in [6.45, 7) is 10.1. The van der Waals surface area contributed by atoms with Crippen LogP contribution in [0, 0.1) is 5.92 Å². The Kier molecular flexibility index (Phi) is 5.13. The second-order valence-electron chi connectivity index (χ2n) is 4.64. The van der Waals surface area contributed by atoms with Crippen LogP contribution in [-0.4, -0.2) is 17.5 Å². The van der Waals surface area contributed by atoms with Crippen molar-refractivity contribution >= 4 is 5.91 Å². The Balaban J connectivity index is 4.21. The van der Waals surface area contributed by atoms with Crippen LogP contribution in [0.1, 0.15) is 47.5 Å². The van der Waals surface area contributed by atoms with Crippen molar-refractivity contribution in [2.75, 3.05) is 0 Å². The molecule has 0 rings (SSSR count). The third kappa shape index (κ3) is 4.09. The fourth-order valence-electron chi connectivity index (χ4n) is 1.02. The molecule has 0 aromatic heterocycles. The topological polar surface area (TPSA) is 55.1 Å². The average molecular weight is 200 g/mol. The molecule has 0 aliphatic heterocycles. The molecule has 2 atom stereocenters. The number of nitrogens with one attached hydrogen (secondary N) is 1. The second-order valence-corrected chi connectivity index (χ2v) is 4.64. The van der Waals surface area contributed by atoms with E-state index in [1.54, 1.807) is 0 Å². The molecule has 0 heterocycles. The van der Waals surface area contributed by atoms with Gasteiger partial charge in [-0.15, -0.1) is 0 Å². The van der Waals surface area contributed by atoms with Crippen molar-refractivity contribution in [1.29, 1.82) is 0 Å². The molecule has 0 fully saturated rings. The summed E-state index contributed by atoms with van der Waals surface area (Å²) in [6.07, 6.45) is 1.84. The van der Waals surface area contributed by atoms with E-state index in [1.807, 2.05) is 27.7 Å².